The molecule has 0 aliphatic heterocycles. The summed E-state index contributed by atoms with van der Waals surface area (Å²) >= 11 is 1.05. The third-order valence-electron chi connectivity index (χ3n) is 3.95. The molecule has 0 spiro atoms. The first-order valence-corrected chi connectivity index (χ1v) is 9.63. The molecule has 0 bridgehead atoms. The third kappa shape index (κ3) is 5.12. The van der Waals surface area contributed by atoms with Crippen LogP contribution in [-0.4, -0.2) is 35.5 Å². The highest BCUT2D eigenvalue weighted by molar-refractivity contribution is 7.99. The van der Waals surface area contributed by atoms with E-state index in [1.807, 2.05) is 6.07 Å². The summed E-state index contributed by atoms with van der Waals surface area (Å²) in [6, 6.07) is 15.0. The van der Waals surface area contributed by atoms with Crippen molar-refractivity contribution < 1.29 is 18.3 Å². The van der Waals surface area contributed by atoms with Crippen LogP contribution in [0.15, 0.2) is 58.2 Å². The van der Waals surface area contributed by atoms with Gasteiger partial charge in [0.05, 0.1) is 31.0 Å². The summed E-state index contributed by atoms with van der Waals surface area (Å²) in [5.74, 6) is 0.101. The molecule has 1 aromatic heterocycles. The molecule has 0 N–H and O–H groups in total. The van der Waals surface area contributed by atoms with E-state index in [2.05, 4.69) is 10.2 Å². The van der Waals surface area contributed by atoms with Crippen LogP contribution in [-0.2, 0) is 4.79 Å². The molecule has 148 valence electrons. The minimum absolute atomic E-state index is 0.0377. The van der Waals surface area contributed by atoms with Crippen LogP contribution >= 0.6 is 11.8 Å². The molecule has 2 aromatic carbocycles. The van der Waals surface area contributed by atoms with Crippen molar-refractivity contribution >= 4 is 23.4 Å². The van der Waals surface area contributed by atoms with Gasteiger partial charge in [0.2, 0.25) is 11.8 Å². The number of amides is 1. The molecule has 0 fully saturated rings. The normalized spacial score (nSPS) is 10.4. The van der Waals surface area contributed by atoms with E-state index in [-0.39, 0.29) is 35.5 Å². The Morgan fingerprint density at radius 3 is 2.69 bits per heavy atom. The highest BCUT2D eigenvalue weighted by atomic mass is 32.2. The van der Waals surface area contributed by atoms with Gasteiger partial charge in [-0.2, -0.15) is 5.26 Å². The Morgan fingerprint density at radius 2 is 2.00 bits per heavy atom. The molecule has 3 aromatic rings. The third-order valence-corrected chi connectivity index (χ3v) is 4.76. The van der Waals surface area contributed by atoms with Gasteiger partial charge >= 0.3 is 0 Å². The number of nitrogens with zero attached hydrogens (tertiary/aromatic N) is 4. The van der Waals surface area contributed by atoms with Gasteiger partial charge in [0.1, 0.15) is 11.6 Å². The Labute approximate surface area is 171 Å². The molecular formula is C20H17FN4O3S. The number of anilines is 1. The zero-order valence-electron chi connectivity index (χ0n) is 15.5. The minimum Gasteiger partial charge on any atom is -0.497 e. The number of nitriles is 1. The SMILES string of the molecule is COc1ccc(-c2nnc(SCC(=O)N(CCC#N)c3ccccc3F)o2)cc1. The van der Waals surface area contributed by atoms with Crippen LogP contribution in [0.5, 0.6) is 5.75 Å². The Morgan fingerprint density at radius 1 is 1.24 bits per heavy atom. The number of thioether (sulfide) groups is 1. The molecule has 9 heteroatoms. The van der Waals surface area contributed by atoms with Crippen molar-refractivity contribution in [3.05, 3.63) is 54.3 Å². The second-order valence-corrected chi connectivity index (χ2v) is 6.72. The maximum absolute atomic E-state index is 14.1. The van der Waals surface area contributed by atoms with Gasteiger partial charge in [-0.1, -0.05) is 23.9 Å². The van der Waals surface area contributed by atoms with Crippen molar-refractivity contribution in [1.29, 1.82) is 5.26 Å². The molecule has 0 aliphatic rings. The van der Waals surface area contributed by atoms with Crippen LogP contribution in [0.4, 0.5) is 10.1 Å². The lowest BCUT2D eigenvalue weighted by molar-refractivity contribution is -0.116. The summed E-state index contributed by atoms with van der Waals surface area (Å²) in [7, 11) is 1.58. The maximum atomic E-state index is 14.1. The number of methoxy groups -OCH3 is 1. The Hall–Kier alpha value is -3.38. The first-order chi connectivity index (χ1) is 14.1. The standard InChI is InChI=1S/C20H17FN4O3S/c1-27-15-9-7-14(8-10-15)19-23-24-20(28-19)29-13-18(26)25(12-4-11-22)17-6-3-2-5-16(17)21/h2-3,5-10H,4,12-13H2,1H3. The number of ether oxygens (including phenoxy) is 1. The van der Waals surface area contributed by atoms with E-state index in [1.165, 1.54) is 17.0 Å². The molecule has 3 rings (SSSR count). The minimum atomic E-state index is -0.525. The van der Waals surface area contributed by atoms with Crippen molar-refractivity contribution in [1.82, 2.24) is 10.2 Å². The van der Waals surface area contributed by atoms with Crippen LogP contribution in [0.25, 0.3) is 11.5 Å². The van der Waals surface area contributed by atoms with Gasteiger partial charge < -0.3 is 14.1 Å². The largest absolute Gasteiger partial charge is 0.497 e. The number of carbonyl (C=O) groups excluding carboxylic acids is 1. The highest BCUT2D eigenvalue weighted by Gasteiger charge is 2.20. The van der Waals surface area contributed by atoms with E-state index in [0.717, 1.165) is 17.3 Å². The molecule has 0 radical (unpaired) electrons. The molecule has 0 saturated heterocycles. The molecule has 0 unspecified atom stereocenters. The van der Waals surface area contributed by atoms with E-state index in [0.29, 0.717) is 11.6 Å². The second-order valence-electron chi connectivity index (χ2n) is 5.80. The summed E-state index contributed by atoms with van der Waals surface area (Å²) in [6.07, 6.45) is 0.0902. The van der Waals surface area contributed by atoms with Crippen molar-refractivity contribution in [2.45, 2.75) is 11.6 Å². The predicted octanol–water partition coefficient (Wildman–Crippen LogP) is 3.92. The summed E-state index contributed by atoms with van der Waals surface area (Å²) in [4.78, 5) is 13.9. The van der Waals surface area contributed by atoms with Crippen LogP contribution in [0.1, 0.15) is 6.42 Å². The van der Waals surface area contributed by atoms with Gasteiger partial charge in [0.25, 0.3) is 5.22 Å². The second kappa shape index (κ2) is 9.71. The van der Waals surface area contributed by atoms with E-state index < -0.39 is 5.82 Å². The number of hydrogen-bond acceptors (Lipinski definition) is 7. The summed E-state index contributed by atoms with van der Waals surface area (Å²) in [6.45, 7) is 0.0950. The van der Waals surface area contributed by atoms with Crippen LogP contribution in [0.2, 0.25) is 0 Å². The fraction of sp³-hybridized carbons (Fsp3) is 0.200. The average molecular weight is 412 g/mol. The smallest absolute Gasteiger partial charge is 0.277 e. The number of carbonyl (C=O) groups is 1. The first-order valence-electron chi connectivity index (χ1n) is 8.65. The van der Waals surface area contributed by atoms with Gasteiger partial charge in [-0.15, -0.1) is 10.2 Å². The van der Waals surface area contributed by atoms with Gasteiger partial charge in [0.15, 0.2) is 0 Å². The maximum Gasteiger partial charge on any atom is 0.277 e. The molecule has 7 nitrogen and oxygen atoms in total. The van der Waals surface area contributed by atoms with Crippen LogP contribution in [0, 0.1) is 17.1 Å². The molecule has 29 heavy (non-hydrogen) atoms. The van der Waals surface area contributed by atoms with Crippen molar-refractivity contribution in [3.8, 4) is 23.3 Å². The quantitative estimate of drug-likeness (QED) is 0.518. The first kappa shape index (κ1) is 20.4. The van der Waals surface area contributed by atoms with E-state index in [1.54, 1.807) is 43.5 Å². The van der Waals surface area contributed by atoms with Crippen molar-refractivity contribution in [2.75, 3.05) is 24.3 Å². The lowest BCUT2D eigenvalue weighted by Gasteiger charge is -2.21. The summed E-state index contributed by atoms with van der Waals surface area (Å²) < 4.78 is 24.8. The van der Waals surface area contributed by atoms with E-state index in [9.17, 15) is 9.18 Å². The van der Waals surface area contributed by atoms with Gasteiger partial charge in [0, 0.05) is 12.1 Å². The Kier molecular flexibility index (Phi) is 6.81. The highest BCUT2D eigenvalue weighted by Crippen LogP contribution is 2.26. The number of hydrogen-bond donors (Lipinski definition) is 0. The zero-order chi connectivity index (χ0) is 20.6. The number of rotatable bonds is 8. The molecule has 1 heterocycles. The summed E-state index contributed by atoms with van der Waals surface area (Å²) in [5.41, 5.74) is 0.858. The van der Waals surface area contributed by atoms with E-state index >= 15 is 0 Å². The monoisotopic (exact) mass is 412 g/mol. The lowest BCUT2D eigenvalue weighted by atomic mass is 10.2. The lowest BCUT2D eigenvalue weighted by Crippen LogP contribution is -2.34. The topological polar surface area (TPSA) is 92.3 Å². The molecular weight excluding hydrogens is 395 g/mol. The molecule has 0 saturated carbocycles. The van der Waals surface area contributed by atoms with E-state index in [4.69, 9.17) is 14.4 Å². The fourth-order valence-corrected chi connectivity index (χ4v) is 3.17. The van der Waals surface area contributed by atoms with Crippen LogP contribution in [0.3, 0.4) is 0 Å². The fourth-order valence-electron chi connectivity index (χ4n) is 2.53. The number of aromatic nitrogens is 2. The molecule has 0 aliphatic carbocycles. The number of benzene rings is 2. The van der Waals surface area contributed by atoms with Gasteiger partial charge in [-0.05, 0) is 36.4 Å². The van der Waals surface area contributed by atoms with Gasteiger partial charge in [-0.25, -0.2) is 4.39 Å². The summed E-state index contributed by atoms with van der Waals surface area (Å²) in [5, 5.41) is 17.0. The van der Waals surface area contributed by atoms with Gasteiger partial charge in [-0.3, -0.25) is 4.79 Å². The van der Waals surface area contributed by atoms with Crippen molar-refractivity contribution in [3.63, 3.8) is 0 Å². The zero-order valence-corrected chi connectivity index (χ0v) is 16.4. The van der Waals surface area contributed by atoms with Crippen molar-refractivity contribution in [2.24, 2.45) is 0 Å². The molecule has 0 atom stereocenters. The van der Waals surface area contributed by atoms with Crippen LogP contribution < -0.4 is 9.64 Å². The Balaban J connectivity index is 1.67. The molecule has 1 amide bonds. The Bertz CT molecular complexity index is 1020. The average Bonchev–Trinajstić information content (AvgIpc) is 3.23. The number of halogens is 1. The number of para-hydroxylation sites is 1. The predicted molar refractivity (Wildman–Crippen MR) is 106 cm³/mol.